The number of halogens is 1. The topological polar surface area (TPSA) is 67.9 Å². The third-order valence-electron chi connectivity index (χ3n) is 6.94. The molecule has 1 saturated carbocycles. The molecule has 3 aromatic carbocycles. The van der Waals surface area contributed by atoms with Crippen LogP contribution < -0.4 is 14.8 Å². The summed E-state index contributed by atoms with van der Waals surface area (Å²) in [6, 6.07) is 23.6. The lowest BCUT2D eigenvalue weighted by Crippen LogP contribution is -2.53. The van der Waals surface area contributed by atoms with Crippen molar-refractivity contribution in [3.05, 3.63) is 95.0 Å². The molecule has 3 aromatic rings. The number of nitrogens with zero attached hydrogens (tertiary/aromatic N) is 1. The minimum Gasteiger partial charge on any atom is -0.497 e. The number of hydrogen-bond acceptors (Lipinski definition) is 4. The van der Waals surface area contributed by atoms with E-state index in [1.165, 1.54) is 6.42 Å². The number of ether oxygens (including phenoxy) is 2. The molecule has 38 heavy (non-hydrogen) atoms. The van der Waals surface area contributed by atoms with Crippen molar-refractivity contribution in [3.8, 4) is 11.5 Å². The van der Waals surface area contributed by atoms with E-state index in [9.17, 15) is 9.59 Å². The Balaban J connectivity index is 1.60. The first-order valence-corrected chi connectivity index (χ1v) is 13.6. The average Bonchev–Trinajstić information content (AvgIpc) is 2.96. The predicted molar refractivity (Wildman–Crippen MR) is 149 cm³/mol. The molecule has 200 valence electrons. The lowest BCUT2D eigenvalue weighted by molar-refractivity contribution is -0.143. The number of carbonyl (C=O) groups is 2. The number of methoxy groups -OCH3 is 1. The SMILES string of the molecule is COc1ccc(OCC(=O)N(Cc2ccccc2Cl)[C@@H](Cc2ccccc2)C(=O)NC2CCCCC2)cc1. The van der Waals surface area contributed by atoms with Crippen molar-refractivity contribution < 1.29 is 19.1 Å². The van der Waals surface area contributed by atoms with Gasteiger partial charge in [-0.2, -0.15) is 0 Å². The lowest BCUT2D eigenvalue weighted by atomic mass is 9.94. The molecule has 7 heteroatoms. The van der Waals surface area contributed by atoms with Crippen LogP contribution in [0.2, 0.25) is 5.02 Å². The lowest BCUT2D eigenvalue weighted by Gasteiger charge is -2.33. The minimum atomic E-state index is -0.720. The van der Waals surface area contributed by atoms with Crippen molar-refractivity contribution in [2.75, 3.05) is 13.7 Å². The molecule has 0 heterocycles. The normalized spacial score (nSPS) is 14.4. The van der Waals surface area contributed by atoms with Crippen LogP contribution >= 0.6 is 11.6 Å². The third kappa shape index (κ3) is 7.75. The average molecular weight is 535 g/mol. The fourth-order valence-corrected chi connectivity index (χ4v) is 5.00. The van der Waals surface area contributed by atoms with Gasteiger partial charge in [0.25, 0.3) is 5.91 Å². The van der Waals surface area contributed by atoms with Crippen molar-refractivity contribution >= 4 is 23.4 Å². The molecule has 0 radical (unpaired) electrons. The van der Waals surface area contributed by atoms with E-state index in [0.29, 0.717) is 22.9 Å². The molecule has 0 saturated heterocycles. The Kier molecular flexibility index (Phi) is 10.0. The number of hydrogen-bond donors (Lipinski definition) is 1. The third-order valence-corrected chi connectivity index (χ3v) is 7.31. The van der Waals surface area contributed by atoms with Crippen LogP contribution in [0.4, 0.5) is 0 Å². The van der Waals surface area contributed by atoms with Crippen LogP contribution in [0.1, 0.15) is 43.2 Å². The van der Waals surface area contributed by atoms with Crippen molar-refractivity contribution in [2.45, 2.75) is 57.2 Å². The second kappa shape index (κ2) is 13.9. The molecule has 4 rings (SSSR count). The molecular weight excluding hydrogens is 500 g/mol. The van der Waals surface area contributed by atoms with E-state index in [2.05, 4.69) is 5.32 Å². The van der Waals surface area contributed by atoms with Crippen LogP contribution in [-0.4, -0.2) is 42.5 Å². The maximum Gasteiger partial charge on any atom is 0.261 e. The summed E-state index contributed by atoms with van der Waals surface area (Å²) >= 11 is 6.49. The maximum absolute atomic E-state index is 13.8. The maximum atomic E-state index is 13.8. The molecule has 1 atom stereocenters. The van der Waals surface area contributed by atoms with E-state index in [4.69, 9.17) is 21.1 Å². The molecule has 0 aromatic heterocycles. The summed E-state index contributed by atoms with van der Waals surface area (Å²) in [5.41, 5.74) is 1.75. The Morgan fingerprint density at radius 1 is 0.921 bits per heavy atom. The van der Waals surface area contributed by atoms with E-state index in [1.54, 1.807) is 42.3 Å². The number of rotatable bonds is 11. The second-order valence-electron chi connectivity index (χ2n) is 9.63. The zero-order valence-corrected chi connectivity index (χ0v) is 22.5. The van der Waals surface area contributed by atoms with Crippen LogP contribution in [0, 0.1) is 0 Å². The van der Waals surface area contributed by atoms with Crippen LogP contribution in [0.15, 0.2) is 78.9 Å². The largest absolute Gasteiger partial charge is 0.497 e. The van der Waals surface area contributed by atoms with Gasteiger partial charge in [-0.05, 0) is 54.3 Å². The van der Waals surface area contributed by atoms with Crippen LogP contribution in [0.3, 0.4) is 0 Å². The van der Waals surface area contributed by atoms with Gasteiger partial charge in [-0.3, -0.25) is 9.59 Å². The van der Waals surface area contributed by atoms with Gasteiger partial charge in [0.2, 0.25) is 5.91 Å². The van der Waals surface area contributed by atoms with Crippen molar-refractivity contribution in [3.63, 3.8) is 0 Å². The van der Waals surface area contributed by atoms with Crippen molar-refractivity contribution in [1.82, 2.24) is 10.2 Å². The summed E-state index contributed by atoms with van der Waals surface area (Å²) in [7, 11) is 1.59. The zero-order valence-electron chi connectivity index (χ0n) is 21.8. The van der Waals surface area contributed by atoms with Gasteiger partial charge >= 0.3 is 0 Å². The van der Waals surface area contributed by atoms with Crippen LogP contribution in [-0.2, 0) is 22.6 Å². The van der Waals surface area contributed by atoms with Crippen molar-refractivity contribution in [2.24, 2.45) is 0 Å². The first kappa shape index (κ1) is 27.5. The summed E-state index contributed by atoms with van der Waals surface area (Å²) in [5, 5.41) is 3.79. The van der Waals surface area contributed by atoms with Gasteiger partial charge in [0.05, 0.1) is 7.11 Å². The number of nitrogens with one attached hydrogen (secondary N) is 1. The van der Waals surface area contributed by atoms with Crippen molar-refractivity contribution in [1.29, 1.82) is 0 Å². The highest BCUT2D eigenvalue weighted by Crippen LogP contribution is 2.23. The molecule has 6 nitrogen and oxygen atoms in total. The Labute approximate surface area is 229 Å². The van der Waals surface area contributed by atoms with Gasteiger partial charge in [-0.25, -0.2) is 0 Å². The molecule has 0 bridgehead atoms. The highest BCUT2D eigenvalue weighted by Gasteiger charge is 2.32. The Morgan fingerprint density at radius 2 is 1.58 bits per heavy atom. The summed E-state index contributed by atoms with van der Waals surface area (Å²) < 4.78 is 11.0. The predicted octanol–water partition coefficient (Wildman–Crippen LogP) is 5.82. The fourth-order valence-electron chi connectivity index (χ4n) is 4.81. The van der Waals surface area contributed by atoms with Crippen LogP contribution in [0.5, 0.6) is 11.5 Å². The highest BCUT2D eigenvalue weighted by molar-refractivity contribution is 6.31. The Morgan fingerprint density at radius 3 is 2.26 bits per heavy atom. The van der Waals surface area contributed by atoms with E-state index >= 15 is 0 Å². The number of benzene rings is 3. The minimum absolute atomic E-state index is 0.127. The summed E-state index contributed by atoms with van der Waals surface area (Å²) in [5.74, 6) is 0.806. The molecule has 2 amide bonds. The zero-order chi connectivity index (χ0) is 26.7. The van der Waals surface area contributed by atoms with Gasteiger partial charge in [-0.1, -0.05) is 79.4 Å². The van der Waals surface area contributed by atoms with Gasteiger partial charge in [0.15, 0.2) is 6.61 Å². The summed E-state index contributed by atoms with van der Waals surface area (Å²) in [6.07, 6.45) is 5.71. The van der Waals surface area contributed by atoms with Gasteiger partial charge in [0, 0.05) is 24.0 Å². The van der Waals surface area contributed by atoms with E-state index in [-0.39, 0.29) is 31.0 Å². The second-order valence-corrected chi connectivity index (χ2v) is 10.0. The highest BCUT2D eigenvalue weighted by atomic mass is 35.5. The van der Waals surface area contributed by atoms with Gasteiger partial charge < -0.3 is 19.7 Å². The molecule has 0 aliphatic heterocycles. The molecule has 1 aliphatic rings. The monoisotopic (exact) mass is 534 g/mol. The molecular formula is C31H35ClN2O4. The smallest absolute Gasteiger partial charge is 0.261 e. The standard InChI is InChI=1S/C31H35ClN2O4/c1-37-26-16-18-27(19-17-26)38-22-30(35)34(21-24-12-8-9-15-28(24)32)29(20-23-10-4-2-5-11-23)31(36)33-25-13-6-3-7-14-25/h2,4-5,8-12,15-19,25,29H,3,6-7,13-14,20-22H2,1H3,(H,33,36)/t29-/m0/s1. The molecule has 1 N–H and O–H groups in total. The summed E-state index contributed by atoms with van der Waals surface area (Å²) in [4.78, 5) is 29.1. The number of carbonyl (C=O) groups excluding carboxylic acids is 2. The molecule has 1 aliphatic carbocycles. The quantitative estimate of drug-likeness (QED) is 0.337. The molecule has 0 unspecified atom stereocenters. The summed E-state index contributed by atoms with van der Waals surface area (Å²) in [6.45, 7) is -0.0150. The Hall–Kier alpha value is -3.51. The van der Waals surface area contributed by atoms with Gasteiger partial charge in [-0.15, -0.1) is 0 Å². The van der Waals surface area contributed by atoms with E-state index in [1.807, 2.05) is 48.5 Å². The first-order chi connectivity index (χ1) is 18.5. The molecule has 0 spiro atoms. The molecule has 1 fully saturated rings. The Bertz CT molecular complexity index is 1180. The van der Waals surface area contributed by atoms with E-state index < -0.39 is 6.04 Å². The number of amides is 2. The fraction of sp³-hybridized carbons (Fsp3) is 0.355. The van der Waals surface area contributed by atoms with Crippen LogP contribution in [0.25, 0.3) is 0 Å². The first-order valence-electron chi connectivity index (χ1n) is 13.2. The van der Waals surface area contributed by atoms with E-state index in [0.717, 1.165) is 36.8 Å². The van der Waals surface area contributed by atoms with Gasteiger partial charge in [0.1, 0.15) is 17.5 Å².